The Balaban J connectivity index is 1.26. The van der Waals surface area contributed by atoms with Crippen LogP contribution in [0.1, 0.15) is 0 Å². The van der Waals surface area contributed by atoms with Gasteiger partial charge in [0.05, 0.1) is 16.8 Å². The third kappa shape index (κ3) is 3.40. The van der Waals surface area contributed by atoms with Crippen molar-refractivity contribution in [2.45, 2.75) is 0 Å². The van der Waals surface area contributed by atoms with Crippen LogP contribution in [-0.2, 0) is 0 Å². The molecular weight excluding hydrogens is 520 g/mol. The highest BCUT2D eigenvalue weighted by molar-refractivity contribution is 6.17. The standard InChI is InChI=1S/C37H22N2O3/c1-3-10-23(11-4-1)37-38-29-20-21-32-34(36(29)42-37)28-19-18-25(22-33(28)40-32)39(24-12-5-2-6-13-24)30-16-9-15-27-26-14-7-8-17-31(26)41-35(27)30/h1-22H. The zero-order chi connectivity index (χ0) is 27.6. The van der Waals surface area contributed by atoms with Crippen LogP contribution in [0, 0.1) is 0 Å². The quantitative estimate of drug-likeness (QED) is 0.221. The molecule has 5 heteroatoms. The van der Waals surface area contributed by atoms with Crippen LogP contribution < -0.4 is 4.90 Å². The van der Waals surface area contributed by atoms with Gasteiger partial charge < -0.3 is 18.2 Å². The summed E-state index contributed by atoms with van der Waals surface area (Å²) >= 11 is 0. The third-order valence-electron chi connectivity index (χ3n) is 7.89. The van der Waals surface area contributed by atoms with Gasteiger partial charge in [0.15, 0.2) is 11.2 Å². The van der Waals surface area contributed by atoms with E-state index in [1.165, 1.54) is 0 Å². The van der Waals surface area contributed by atoms with Gasteiger partial charge in [-0.3, -0.25) is 0 Å². The Kier molecular flexibility index (Phi) is 4.83. The van der Waals surface area contributed by atoms with Crippen molar-refractivity contribution in [1.29, 1.82) is 0 Å². The SMILES string of the molecule is c1ccc(-c2nc3ccc4oc5cc(N(c6ccccc6)c6cccc7c6oc6ccccc67)ccc5c4c3o2)cc1. The van der Waals surface area contributed by atoms with E-state index in [1.54, 1.807) is 0 Å². The molecule has 0 aliphatic heterocycles. The van der Waals surface area contributed by atoms with Gasteiger partial charge in [-0.1, -0.05) is 66.7 Å². The molecule has 0 N–H and O–H groups in total. The number of rotatable bonds is 4. The molecule has 0 amide bonds. The Morgan fingerprint density at radius 3 is 2.14 bits per heavy atom. The largest absolute Gasteiger partial charge is 0.456 e. The van der Waals surface area contributed by atoms with Crippen LogP contribution >= 0.6 is 0 Å². The molecule has 0 spiro atoms. The van der Waals surface area contributed by atoms with E-state index >= 15 is 0 Å². The summed E-state index contributed by atoms with van der Waals surface area (Å²) in [5, 5.41) is 4.08. The van der Waals surface area contributed by atoms with Gasteiger partial charge in [-0.2, -0.15) is 0 Å². The molecule has 0 aliphatic rings. The molecule has 0 atom stereocenters. The molecule has 5 nitrogen and oxygen atoms in total. The number of aromatic nitrogens is 1. The van der Waals surface area contributed by atoms with E-state index in [9.17, 15) is 0 Å². The molecule has 198 valence electrons. The average molecular weight is 543 g/mol. The fourth-order valence-corrected chi connectivity index (χ4v) is 5.99. The lowest BCUT2D eigenvalue weighted by molar-refractivity contribution is 0.622. The Hall–Kier alpha value is -5.81. The monoisotopic (exact) mass is 542 g/mol. The van der Waals surface area contributed by atoms with E-state index in [1.807, 2.05) is 78.9 Å². The summed E-state index contributed by atoms with van der Waals surface area (Å²) in [6.45, 7) is 0. The van der Waals surface area contributed by atoms with E-state index < -0.39 is 0 Å². The molecule has 3 heterocycles. The Morgan fingerprint density at radius 2 is 1.26 bits per heavy atom. The molecule has 9 rings (SSSR count). The van der Waals surface area contributed by atoms with Gasteiger partial charge in [0.25, 0.3) is 0 Å². The minimum absolute atomic E-state index is 0.596. The second-order valence-electron chi connectivity index (χ2n) is 10.4. The van der Waals surface area contributed by atoms with E-state index in [4.69, 9.17) is 18.2 Å². The molecule has 42 heavy (non-hydrogen) atoms. The zero-order valence-electron chi connectivity index (χ0n) is 22.3. The molecule has 6 aromatic carbocycles. The number of para-hydroxylation sites is 3. The molecular formula is C37H22N2O3. The van der Waals surface area contributed by atoms with Crippen LogP contribution in [0.15, 0.2) is 147 Å². The summed E-state index contributed by atoms with van der Waals surface area (Å²) < 4.78 is 19.2. The summed E-state index contributed by atoms with van der Waals surface area (Å²) in [4.78, 5) is 6.98. The van der Waals surface area contributed by atoms with Gasteiger partial charge in [0.1, 0.15) is 22.3 Å². The highest BCUT2D eigenvalue weighted by Crippen LogP contribution is 2.44. The molecule has 0 fully saturated rings. The fourth-order valence-electron chi connectivity index (χ4n) is 5.99. The Morgan fingerprint density at radius 1 is 0.476 bits per heavy atom. The highest BCUT2D eigenvalue weighted by atomic mass is 16.4. The summed E-state index contributed by atoms with van der Waals surface area (Å²) in [7, 11) is 0. The van der Waals surface area contributed by atoms with Crippen molar-refractivity contribution in [3.63, 3.8) is 0 Å². The van der Waals surface area contributed by atoms with E-state index in [0.717, 1.165) is 77.6 Å². The van der Waals surface area contributed by atoms with Crippen LogP contribution in [0.2, 0.25) is 0 Å². The Bertz CT molecular complexity index is 2420. The molecule has 9 aromatic rings. The number of nitrogens with zero attached hydrogens (tertiary/aromatic N) is 2. The van der Waals surface area contributed by atoms with Crippen LogP contribution in [-0.4, -0.2) is 4.98 Å². The summed E-state index contributed by atoms with van der Waals surface area (Å²) in [5.41, 5.74) is 8.63. The van der Waals surface area contributed by atoms with Crippen molar-refractivity contribution < 1.29 is 13.3 Å². The van der Waals surface area contributed by atoms with Gasteiger partial charge in [-0.05, 0) is 60.7 Å². The normalized spacial score (nSPS) is 11.8. The predicted octanol–water partition coefficient (Wildman–Crippen LogP) is 10.8. The van der Waals surface area contributed by atoms with Gasteiger partial charge in [-0.15, -0.1) is 0 Å². The lowest BCUT2D eigenvalue weighted by Gasteiger charge is -2.25. The maximum Gasteiger partial charge on any atom is 0.227 e. The van der Waals surface area contributed by atoms with Crippen molar-refractivity contribution in [1.82, 2.24) is 4.98 Å². The van der Waals surface area contributed by atoms with Crippen molar-refractivity contribution in [3.05, 3.63) is 133 Å². The molecule has 0 saturated heterocycles. The lowest BCUT2D eigenvalue weighted by Crippen LogP contribution is -2.09. The van der Waals surface area contributed by atoms with Crippen molar-refractivity contribution in [2.75, 3.05) is 4.90 Å². The number of oxazole rings is 1. The summed E-state index contributed by atoms with van der Waals surface area (Å²) in [6, 6.07) is 45.0. The number of anilines is 3. The summed E-state index contributed by atoms with van der Waals surface area (Å²) in [6.07, 6.45) is 0. The average Bonchev–Trinajstić information content (AvgIpc) is 3.75. The van der Waals surface area contributed by atoms with Crippen LogP contribution in [0.3, 0.4) is 0 Å². The number of benzene rings is 6. The second kappa shape index (κ2) is 8.85. The van der Waals surface area contributed by atoms with Crippen LogP contribution in [0.5, 0.6) is 0 Å². The molecule has 0 radical (unpaired) electrons. The number of hydrogen-bond acceptors (Lipinski definition) is 5. The smallest absolute Gasteiger partial charge is 0.227 e. The second-order valence-corrected chi connectivity index (χ2v) is 10.4. The molecule has 0 unspecified atom stereocenters. The third-order valence-corrected chi connectivity index (χ3v) is 7.89. The topological polar surface area (TPSA) is 55.6 Å². The van der Waals surface area contributed by atoms with Crippen molar-refractivity contribution >= 4 is 72.0 Å². The maximum atomic E-state index is 6.45. The molecule has 0 aliphatic carbocycles. The first kappa shape index (κ1) is 22.9. The fraction of sp³-hybridized carbons (Fsp3) is 0. The number of furan rings is 2. The Labute approximate surface area is 239 Å². The van der Waals surface area contributed by atoms with Gasteiger partial charge >= 0.3 is 0 Å². The number of fused-ring (bicyclic) bond motifs is 8. The predicted molar refractivity (Wildman–Crippen MR) is 169 cm³/mol. The van der Waals surface area contributed by atoms with Gasteiger partial charge in [0.2, 0.25) is 5.89 Å². The van der Waals surface area contributed by atoms with Crippen LogP contribution in [0.25, 0.3) is 66.4 Å². The van der Waals surface area contributed by atoms with Crippen molar-refractivity contribution in [2.24, 2.45) is 0 Å². The van der Waals surface area contributed by atoms with E-state index in [0.29, 0.717) is 5.89 Å². The highest BCUT2D eigenvalue weighted by Gasteiger charge is 2.21. The molecule has 0 bridgehead atoms. The minimum Gasteiger partial charge on any atom is -0.456 e. The van der Waals surface area contributed by atoms with Gasteiger partial charge in [0, 0.05) is 33.5 Å². The van der Waals surface area contributed by atoms with E-state index in [-0.39, 0.29) is 0 Å². The first-order valence-corrected chi connectivity index (χ1v) is 13.9. The minimum atomic E-state index is 0.596. The first-order chi connectivity index (χ1) is 20.8. The van der Waals surface area contributed by atoms with E-state index in [2.05, 4.69) is 59.5 Å². The number of hydrogen-bond donors (Lipinski definition) is 0. The zero-order valence-corrected chi connectivity index (χ0v) is 22.3. The lowest BCUT2D eigenvalue weighted by atomic mass is 10.1. The summed E-state index contributed by atoms with van der Waals surface area (Å²) in [5.74, 6) is 0.596. The van der Waals surface area contributed by atoms with Crippen molar-refractivity contribution in [3.8, 4) is 11.5 Å². The first-order valence-electron chi connectivity index (χ1n) is 13.9. The van der Waals surface area contributed by atoms with Gasteiger partial charge in [-0.25, -0.2) is 4.98 Å². The maximum absolute atomic E-state index is 6.45. The molecule has 3 aromatic heterocycles. The van der Waals surface area contributed by atoms with Crippen LogP contribution in [0.4, 0.5) is 17.1 Å². The molecule has 0 saturated carbocycles.